The topological polar surface area (TPSA) is 37.3 Å². The van der Waals surface area contributed by atoms with Gasteiger partial charge in [0.1, 0.15) is 0 Å². The van der Waals surface area contributed by atoms with E-state index in [9.17, 15) is 9.90 Å². The van der Waals surface area contributed by atoms with Gasteiger partial charge >= 0.3 is 5.97 Å². The first-order valence-corrected chi connectivity index (χ1v) is 13.1. The van der Waals surface area contributed by atoms with Crippen molar-refractivity contribution in [2.45, 2.75) is 109 Å². The average molecular weight is 435 g/mol. The Balaban J connectivity index is 1.91. The standard InChI is InChI=1S/C30H42O2/c1-3-5-7-9-11-15-22-30(23-16-12-10-8-6-4-2)27-21-14-13-18-24(27)25-19-17-20-26(28(25)30)29(31)32/h13-14,17-21H,3-12,15-16,22-23H2,1-2H3,(H,31,32). The van der Waals surface area contributed by atoms with E-state index in [1.807, 2.05) is 12.1 Å². The van der Waals surface area contributed by atoms with Gasteiger partial charge in [-0.2, -0.15) is 0 Å². The van der Waals surface area contributed by atoms with E-state index in [0.717, 1.165) is 24.0 Å². The van der Waals surface area contributed by atoms with Crippen LogP contribution >= 0.6 is 0 Å². The molecule has 0 saturated carbocycles. The van der Waals surface area contributed by atoms with Crippen LogP contribution in [0.25, 0.3) is 11.1 Å². The van der Waals surface area contributed by atoms with Crippen molar-refractivity contribution >= 4 is 5.97 Å². The van der Waals surface area contributed by atoms with Crippen LogP contribution in [-0.2, 0) is 5.41 Å². The Morgan fingerprint density at radius 1 is 0.688 bits per heavy atom. The van der Waals surface area contributed by atoms with Crippen LogP contribution in [0.1, 0.15) is 125 Å². The monoisotopic (exact) mass is 434 g/mol. The summed E-state index contributed by atoms with van der Waals surface area (Å²) >= 11 is 0. The number of fused-ring (bicyclic) bond motifs is 3. The van der Waals surface area contributed by atoms with E-state index in [1.165, 1.54) is 88.2 Å². The van der Waals surface area contributed by atoms with E-state index in [2.05, 4.69) is 44.2 Å². The van der Waals surface area contributed by atoms with Crippen molar-refractivity contribution in [3.63, 3.8) is 0 Å². The van der Waals surface area contributed by atoms with Crippen molar-refractivity contribution in [3.8, 4) is 11.1 Å². The van der Waals surface area contributed by atoms with Gasteiger partial charge in [-0.1, -0.05) is 127 Å². The quantitative estimate of drug-likeness (QED) is 0.284. The molecule has 3 rings (SSSR count). The molecule has 2 aromatic carbocycles. The SMILES string of the molecule is CCCCCCCCC1(CCCCCCCC)c2ccccc2-c2cccc(C(=O)O)c21. The number of hydrogen-bond acceptors (Lipinski definition) is 1. The van der Waals surface area contributed by atoms with E-state index in [1.54, 1.807) is 0 Å². The zero-order valence-electron chi connectivity index (χ0n) is 20.3. The van der Waals surface area contributed by atoms with Crippen LogP contribution in [-0.4, -0.2) is 11.1 Å². The molecule has 32 heavy (non-hydrogen) atoms. The molecule has 174 valence electrons. The van der Waals surface area contributed by atoms with Gasteiger partial charge in [0.15, 0.2) is 0 Å². The molecule has 2 nitrogen and oxygen atoms in total. The molecule has 0 spiro atoms. The van der Waals surface area contributed by atoms with Gasteiger partial charge in [-0.25, -0.2) is 4.79 Å². The molecule has 0 fully saturated rings. The van der Waals surface area contributed by atoms with Gasteiger partial charge in [0.25, 0.3) is 0 Å². The van der Waals surface area contributed by atoms with Crippen LogP contribution in [0.4, 0.5) is 0 Å². The molecule has 0 bridgehead atoms. The molecule has 0 saturated heterocycles. The van der Waals surface area contributed by atoms with E-state index in [0.29, 0.717) is 5.56 Å². The summed E-state index contributed by atoms with van der Waals surface area (Å²) in [5.41, 5.74) is 5.22. The molecule has 1 aliphatic carbocycles. The third-order valence-electron chi connectivity index (χ3n) is 7.42. The van der Waals surface area contributed by atoms with Crippen molar-refractivity contribution in [1.29, 1.82) is 0 Å². The van der Waals surface area contributed by atoms with Gasteiger partial charge in [-0.15, -0.1) is 0 Å². The van der Waals surface area contributed by atoms with Crippen molar-refractivity contribution in [2.24, 2.45) is 0 Å². The van der Waals surface area contributed by atoms with Crippen LogP contribution in [0.15, 0.2) is 42.5 Å². The van der Waals surface area contributed by atoms with E-state index < -0.39 is 5.97 Å². The third-order valence-corrected chi connectivity index (χ3v) is 7.42. The van der Waals surface area contributed by atoms with Crippen molar-refractivity contribution in [1.82, 2.24) is 0 Å². The zero-order valence-corrected chi connectivity index (χ0v) is 20.3. The first kappa shape index (κ1) is 24.6. The van der Waals surface area contributed by atoms with Crippen LogP contribution in [0, 0.1) is 0 Å². The summed E-state index contributed by atoms with van der Waals surface area (Å²) in [5, 5.41) is 10.1. The number of unbranched alkanes of at least 4 members (excludes halogenated alkanes) is 10. The van der Waals surface area contributed by atoms with Crippen LogP contribution in [0.5, 0.6) is 0 Å². The maximum atomic E-state index is 12.3. The highest BCUT2D eigenvalue weighted by molar-refractivity contribution is 5.96. The molecule has 2 heteroatoms. The lowest BCUT2D eigenvalue weighted by molar-refractivity contribution is 0.0694. The molecule has 0 aliphatic heterocycles. The van der Waals surface area contributed by atoms with E-state index in [4.69, 9.17) is 0 Å². The van der Waals surface area contributed by atoms with Crippen LogP contribution in [0.3, 0.4) is 0 Å². The fourth-order valence-electron chi connectivity index (χ4n) is 5.80. The highest BCUT2D eigenvalue weighted by Gasteiger charge is 2.44. The molecule has 0 amide bonds. The zero-order chi connectivity index (χ0) is 22.8. The molecule has 1 N–H and O–H groups in total. The molecule has 2 aromatic rings. The molecule has 0 aromatic heterocycles. The van der Waals surface area contributed by atoms with Crippen molar-refractivity contribution in [2.75, 3.05) is 0 Å². The number of carboxylic acid groups (broad SMARTS) is 1. The Hall–Kier alpha value is -2.09. The van der Waals surface area contributed by atoms with E-state index >= 15 is 0 Å². The minimum atomic E-state index is -0.787. The number of benzene rings is 2. The Morgan fingerprint density at radius 3 is 1.81 bits per heavy atom. The Kier molecular flexibility index (Phi) is 9.38. The highest BCUT2D eigenvalue weighted by atomic mass is 16.4. The normalized spacial score (nSPS) is 13.7. The molecular formula is C30H42O2. The fourth-order valence-corrected chi connectivity index (χ4v) is 5.80. The maximum absolute atomic E-state index is 12.3. The summed E-state index contributed by atoms with van der Waals surface area (Å²) in [4.78, 5) is 12.3. The molecule has 0 atom stereocenters. The number of aromatic carboxylic acids is 1. The van der Waals surface area contributed by atoms with E-state index in [-0.39, 0.29) is 5.41 Å². The second-order valence-electron chi connectivity index (χ2n) is 9.70. The minimum Gasteiger partial charge on any atom is -0.478 e. The first-order chi connectivity index (χ1) is 15.7. The lowest BCUT2D eigenvalue weighted by atomic mass is 9.69. The summed E-state index contributed by atoms with van der Waals surface area (Å²) in [6.45, 7) is 4.52. The predicted octanol–water partition coefficient (Wildman–Crippen LogP) is 9.15. The molecule has 0 radical (unpaired) electrons. The molecule has 1 aliphatic rings. The number of carbonyl (C=O) groups is 1. The fraction of sp³-hybridized carbons (Fsp3) is 0.567. The predicted molar refractivity (Wildman–Crippen MR) is 136 cm³/mol. The summed E-state index contributed by atoms with van der Waals surface area (Å²) in [5.74, 6) is -0.787. The Bertz CT molecular complexity index is 851. The second kappa shape index (κ2) is 12.2. The maximum Gasteiger partial charge on any atom is 0.336 e. The molecule has 0 unspecified atom stereocenters. The largest absolute Gasteiger partial charge is 0.478 e. The second-order valence-corrected chi connectivity index (χ2v) is 9.70. The Morgan fingerprint density at radius 2 is 1.22 bits per heavy atom. The molecule has 0 heterocycles. The minimum absolute atomic E-state index is 0.156. The van der Waals surface area contributed by atoms with Crippen molar-refractivity contribution < 1.29 is 9.90 Å². The van der Waals surface area contributed by atoms with Gasteiger partial charge in [-0.05, 0) is 41.2 Å². The average Bonchev–Trinajstić information content (AvgIpc) is 3.09. The van der Waals surface area contributed by atoms with Crippen molar-refractivity contribution in [3.05, 3.63) is 59.2 Å². The number of hydrogen-bond donors (Lipinski definition) is 1. The van der Waals surface area contributed by atoms with Crippen LogP contribution in [0.2, 0.25) is 0 Å². The van der Waals surface area contributed by atoms with Gasteiger partial charge in [0.05, 0.1) is 5.56 Å². The van der Waals surface area contributed by atoms with Gasteiger partial charge in [-0.3, -0.25) is 0 Å². The van der Waals surface area contributed by atoms with Gasteiger partial charge in [0, 0.05) is 5.41 Å². The lowest BCUT2D eigenvalue weighted by Gasteiger charge is -2.33. The highest BCUT2D eigenvalue weighted by Crippen LogP contribution is 2.55. The number of rotatable bonds is 15. The summed E-state index contributed by atoms with van der Waals surface area (Å²) in [6, 6.07) is 14.6. The van der Waals surface area contributed by atoms with Crippen LogP contribution < -0.4 is 0 Å². The number of carboxylic acids is 1. The Labute approximate surface area is 195 Å². The summed E-state index contributed by atoms with van der Waals surface area (Å²) < 4.78 is 0. The van der Waals surface area contributed by atoms with Gasteiger partial charge in [0.2, 0.25) is 0 Å². The smallest absolute Gasteiger partial charge is 0.336 e. The lowest BCUT2D eigenvalue weighted by Crippen LogP contribution is -2.28. The molecular weight excluding hydrogens is 392 g/mol. The van der Waals surface area contributed by atoms with Gasteiger partial charge < -0.3 is 5.11 Å². The summed E-state index contributed by atoms with van der Waals surface area (Å²) in [6.07, 6.45) is 17.3. The summed E-state index contributed by atoms with van der Waals surface area (Å²) in [7, 11) is 0. The third kappa shape index (κ3) is 5.45. The first-order valence-electron chi connectivity index (χ1n) is 13.1.